The van der Waals surface area contributed by atoms with Crippen molar-refractivity contribution in [3.63, 3.8) is 0 Å². The maximum Gasteiger partial charge on any atom is 0.249 e. The fourth-order valence-electron chi connectivity index (χ4n) is 2.91. The third kappa shape index (κ3) is 3.75. The smallest absolute Gasteiger partial charge is 0.249 e. The van der Waals surface area contributed by atoms with Crippen molar-refractivity contribution >= 4 is 20.0 Å². The topological polar surface area (TPSA) is 84.0 Å². The van der Waals surface area contributed by atoms with E-state index in [0.717, 1.165) is 26.8 Å². The van der Waals surface area contributed by atoms with Crippen LogP contribution < -0.4 is 4.74 Å². The Kier molecular flexibility index (Phi) is 5.71. The fraction of sp³-hybridized carbons (Fsp3) is 0.294. The molecule has 1 saturated heterocycles. The summed E-state index contributed by atoms with van der Waals surface area (Å²) in [6.45, 7) is -0.704. The van der Waals surface area contributed by atoms with Crippen molar-refractivity contribution in [2.24, 2.45) is 0 Å². The molecule has 2 aromatic rings. The maximum atomic E-state index is 13.9. The van der Waals surface area contributed by atoms with Crippen molar-refractivity contribution in [1.82, 2.24) is 8.61 Å². The molecule has 11 heteroatoms. The van der Waals surface area contributed by atoms with Crippen molar-refractivity contribution in [2.45, 2.75) is 9.79 Å². The molecule has 152 valence electrons. The van der Waals surface area contributed by atoms with Gasteiger partial charge in [0.15, 0.2) is 4.90 Å². The van der Waals surface area contributed by atoms with Gasteiger partial charge in [0.25, 0.3) is 0 Å². The van der Waals surface area contributed by atoms with Crippen molar-refractivity contribution in [3.05, 3.63) is 54.1 Å². The summed E-state index contributed by atoms with van der Waals surface area (Å²) >= 11 is 0. The predicted octanol–water partition coefficient (Wildman–Crippen LogP) is 1.67. The molecule has 0 saturated carbocycles. The second-order valence-electron chi connectivity index (χ2n) is 6.03. The van der Waals surface area contributed by atoms with Crippen molar-refractivity contribution in [3.8, 4) is 5.75 Å². The summed E-state index contributed by atoms with van der Waals surface area (Å²) in [4.78, 5) is -0.980. The summed E-state index contributed by atoms with van der Waals surface area (Å²) < 4.78 is 85.4. The number of rotatable bonds is 5. The third-order valence-corrected chi connectivity index (χ3v) is 8.28. The summed E-state index contributed by atoms with van der Waals surface area (Å²) in [6, 6.07) is 8.60. The van der Waals surface area contributed by atoms with E-state index in [-0.39, 0.29) is 31.1 Å². The molecule has 0 N–H and O–H groups in total. The second-order valence-corrected chi connectivity index (χ2v) is 9.85. The van der Waals surface area contributed by atoms with Gasteiger partial charge in [-0.1, -0.05) is 6.07 Å². The Morgan fingerprint density at radius 1 is 0.786 bits per heavy atom. The molecule has 2 aromatic carbocycles. The van der Waals surface area contributed by atoms with E-state index in [4.69, 9.17) is 4.74 Å². The van der Waals surface area contributed by atoms with Gasteiger partial charge in [0.2, 0.25) is 20.0 Å². The largest absolute Gasteiger partial charge is 0.497 e. The minimum Gasteiger partial charge on any atom is -0.497 e. The second kappa shape index (κ2) is 7.74. The molecule has 0 amide bonds. The molecule has 1 heterocycles. The molecular formula is C17H18F2N2O5S2. The standard InChI is InChI=1S/C17H18F2N2O5S2/c1-26-13-5-7-14(8-6-13)27(22,23)20-9-11-21(12-10-20)28(24,25)17-15(18)3-2-4-16(17)19/h2-8H,9-12H2,1H3/i1-1. The number of ether oxygens (including phenoxy) is 1. The molecule has 0 bridgehead atoms. The fourth-order valence-corrected chi connectivity index (χ4v) is 5.86. The Balaban J connectivity index is 1.78. The van der Waals surface area contributed by atoms with Crippen molar-refractivity contribution in [2.75, 3.05) is 33.3 Å². The first-order valence-electron chi connectivity index (χ1n) is 8.26. The van der Waals surface area contributed by atoms with E-state index >= 15 is 0 Å². The van der Waals surface area contributed by atoms with Gasteiger partial charge in [0, 0.05) is 26.2 Å². The molecular weight excluding hydrogens is 413 g/mol. The van der Waals surface area contributed by atoms with Crippen LogP contribution in [0.25, 0.3) is 0 Å². The normalized spacial score (nSPS) is 16.8. The van der Waals surface area contributed by atoms with Crippen LogP contribution in [0.3, 0.4) is 0 Å². The highest BCUT2D eigenvalue weighted by Crippen LogP contribution is 2.25. The lowest BCUT2D eigenvalue weighted by atomic mass is 10.3. The van der Waals surface area contributed by atoms with Crippen LogP contribution >= 0.6 is 0 Å². The molecule has 28 heavy (non-hydrogen) atoms. The molecule has 0 radical (unpaired) electrons. The van der Waals surface area contributed by atoms with Gasteiger partial charge in [-0.05, 0) is 36.4 Å². The van der Waals surface area contributed by atoms with Crippen LogP contribution in [-0.4, -0.2) is 58.7 Å². The zero-order valence-electron chi connectivity index (χ0n) is 14.9. The highest BCUT2D eigenvalue weighted by atomic mass is 32.2. The van der Waals surface area contributed by atoms with Gasteiger partial charge in [-0.2, -0.15) is 8.61 Å². The van der Waals surface area contributed by atoms with Crippen LogP contribution in [0, 0.1) is 11.6 Å². The van der Waals surface area contributed by atoms with Gasteiger partial charge in [0.05, 0.1) is 12.0 Å². The number of nitrogens with zero attached hydrogens (tertiary/aromatic N) is 2. The molecule has 3 rings (SSSR count). The van der Waals surface area contributed by atoms with Gasteiger partial charge >= 0.3 is 0 Å². The van der Waals surface area contributed by atoms with Gasteiger partial charge < -0.3 is 4.74 Å². The first-order valence-corrected chi connectivity index (χ1v) is 11.1. The monoisotopic (exact) mass is 431 g/mol. The lowest BCUT2D eigenvalue weighted by Gasteiger charge is -2.33. The van der Waals surface area contributed by atoms with E-state index in [1.165, 1.54) is 31.4 Å². The maximum absolute atomic E-state index is 13.9. The van der Waals surface area contributed by atoms with Crippen LogP contribution in [0.4, 0.5) is 8.78 Å². The Bertz CT molecular complexity index is 1040. The highest BCUT2D eigenvalue weighted by Gasteiger charge is 2.36. The van der Waals surface area contributed by atoms with Crippen LogP contribution in [-0.2, 0) is 20.0 Å². The summed E-state index contributed by atoms with van der Waals surface area (Å²) in [5.41, 5.74) is 0. The van der Waals surface area contributed by atoms with E-state index in [1.54, 1.807) is 0 Å². The summed E-state index contributed by atoms with van der Waals surface area (Å²) in [5.74, 6) is -1.87. The minimum atomic E-state index is -4.42. The average Bonchev–Trinajstić information content (AvgIpc) is 2.68. The number of halogens is 2. The Morgan fingerprint density at radius 3 is 1.71 bits per heavy atom. The van der Waals surface area contributed by atoms with Crippen LogP contribution in [0.5, 0.6) is 5.75 Å². The lowest BCUT2D eigenvalue weighted by molar-refractivity contribution is 0.271. The van der Waals surface area contributed by atoms with Crippen LogP contribution in [0.15, 0.2) is 52.3 Å². The number of benzene rings is 2. The van der Waals surface area contributed by atoms with Gasteiger partial charge in [-0.3, -0.25) is 0 Å². The summed E-state index contributed by atoms with van der Waals surface area (Å²) in [5, 5.41) is 0. The van der Waals surface area contributed by atoms with Gasteiger partial charge in [0.1, 0.15) is 17.4 Å². The molecule has 1 aliphatic heterocycles. The van der Waals surface area contributed by atoms with Gasteiger partial charge in [-0.15, -0.1) is 0 Å². The molecule has 0 aromatic heterocycles. The number of hydrogen-bond acceptors (Lipinski definition) is 5. The lowest BCUT2D eigenvalue weighted by Crippen LogP contribution is -2.50. The van der Waals surface area contributed by atoms with Gasteiger partial charge in [-0.25, -0.2) is 25.6 Å². The third-order valence-electron chi connectivity index (χ3n) is 4.41. The molecule has 0 atom stereocenters. The van der Waals surface area contributed by atoms with Crippen molar-refractivity contribution in [1.29, 1.82) is 0 Å². The first-order chi connectivity index (χ1) is 13.2. The quantitative estimate of drug-likeness (QED) is 0.719. The van der Waals surface area contributed by atoms with E-state index in [1.807, 2.05) is 0 Å². The highest BCUT2D eigenvalue weighted by molar-refractivity contribution is 7.89. The zero-order chi connectivity index (χ0) is 20.5. The molecule has 0 spiro atoms. The minimum absolute atomic E-state index is 0.0461. The number of hydrogen-bond donors (Lipinski definition) is 0. The predicted molar refractivity (Wildman–Crippen MR) is 96.9 cm³/mol. The number of piperazine rings is 1. The Labute approximate surface area is 162 Å². The molecule has 7 nitrogen and oxygen atoms in total. The van der Waals surface area contributed by atoms with E-state index in [9.17, 15) is 25.6 Å². The molecule has 1 aliphatic rings. The number of sulfonamides is 2. The van der Waals surface area contributed by atoms with Crippen LogP contribution in [0.1, 0.15) is 0 Å². The van der Waals surface area contributed by atoms with E-state index < -0.39 is 36.6 Å². The zero-order valence-corrected chi connectivity index (χ0v) is 16.5. The summed E-state index contributed by atoms with van der Waals surface area (Å²) in [6.07, 6.45) is 0. The molecule has 1 fully saturated rings. The summed E-state index contributed by atoms with van der Waals surface area (Å²) in [7, 11) is -6.79. The van der Waals surface area contributed by atoms with Crippen LogP contribution in [0.2, 0.25) is 0 Å². The molecule has 0 aliphatic carbocycles. The first kappa shape index (κ1) is 20.6. The SMILES string of the molecule is [11CH3]Oc1ccc(S(=O)(=O)N2CCN(S(=O)(=O)c3c(F)cccc3F)CC2)cc1. The van der Waals surface area contributed by atoms with E-state index in [0.29, 0.717) is 5.75 Å². The van der Waals surface area contributed by atoms with Crippen molar-refractivity contribution < 1.29 is 30.4 Å². The Morgan fingerprint density at radius 2 is 1.25 bits per heavy atom. The number of methoxy groups -OCH3 is 1. The average molecular weight is 431 g/mol. The molecule has 0 unspecified atom stereocenters. The Hall–Kier alpha value is -2.08. The van der Waals surface area contributed by atoms with E-state index in [2.05, 4.69) is 0 Å².